The van der Waals surface area contributed by atoms with Gasteiger partial charge in [-0.25, -0.2) is 0 Å². The largest absolute Gasteiger partial charge is 0.545 e. The molecule has 9 nitrogen and oxygen atoms in total. The summed E-state index contributed by atoms with van der Waals surface area (Å²) >= 11 is 0. The molecule has 0 aliphatic rings. The Bertz CT molecular complexity index is 1410. The number of allylic oxidation sites excluding steroid dienone is 10. The Morgan fingerprint density at radius 2 is 0.720 bits per heavy atom. The number of carbonyl (C=O) groups is 3. The van der Waals surface area contributed by atoms with E-state index in [0.29, 0.717) is 23.9 Å². The minimum Gasteiger partial charge on any atom is -0.545 e. The fraction of sp³-hybridized carbons (Fsp3) is 0.803. The van der Waals surface area contributed by atoms with Crippen molar-refractivity contribution in [3.8, 4) is 0 Å². The molecule has 0 aromatic heterocycles. The van der Waals surface area contributed by atoms with E-state index in [4.69, 9.17) is 18.9 Å². The monoisotopic (exact) mass is 1050 g/mol. The summed E-state index contributed by atoms with van der Waals surface area (Å²) in [5.74, 6) is -2.29. The van der Waals surface area contributed by atoms with Crippen LogP contribution in [0.3, 0.4) is 0 Å². The molecule has 0 rings (SSSR count). The number of quaternary nitrogens is 1. The third-order valence-corrected chi connectivity index (χ3v) is 13.7. The number of nitrogens with zero attached hydrogens (tertiary/aromatic N) is 1. The standard InChI is InChI=1S/C66H119NO8/c1-6-8-10-12-14-16-18-20-22-24-26-27-28-29-30-31-32-33-34-35-36-37-39-40-42-44-46-48-50-52-54-56-63(68)73-60-62(61-74-66(65(70)71)72-59-58-67(3,4)5)75-64(69)57-55-53-51-49-47-45-43-41-38-25-23-21-19-17-15-13-11-9-7-2/h15,17-18,20-21,23-24,26,38,41,62,66H,6-14,16,19,22,25,27-37,39-40,42-61H2,1-5H3/b17-15-,20-18-,23-21-,26-24-,41-38-. The minimum atomic E-state index is -1.63. The molecule has 0 bridgehead atoms. The maximum Gasteiger partial charge on any atom is 0.306 e. The summed E-state index contributed by atoms with van der Waals surface area (Å²) in [5.41, 5.74) is 0. The van der Waals surface area contributed by atoms with E-state index in [-0.39, 0.29) is 32.2 Å². The van der Waals surface area contributed by atoms with Crippen molar-refractivity contribution in [1.29, 1.82) is 0 Å². The molecule has 0 saturated heterocycles. The molecule has 2 unspecified atom stereocenters. The van der Waals surface area contributed by atoms with Crippen LogP contribution in [0.5, 0.6) is 0 Å². The molecule has 436 valence electrons. The average Bonchev–Trinajstić information content (AvgIpc) is 3.38. The number of aliphatic carboxylic acids is 1. The van der Waals surface area contributed by atoms with Gasteiger partial charge in [0.2, 0.25) is 0 Å². The first-order valence-electron chi connectivity index (χ1n) is 31.4. The van der Waals surface area contributed by atoms with Crippen molar-refractivity contribution < 1.29 is 42.9 Å². The highest BCUT2D eigenvalue weighted by molar-refractivity contribution is 5.70. The number of carbonyl (C=O) groups excluding carboxylic acids is 3. The number of carboxylic acid groups (broad SMARTS) is 1. The fourth-order valence-electron chi connectivity index (χ4n) is 8.87. The Morgan fingerprint density at radius 3 is 1.09 bits per heavy atom. The Morgan fingerprint density at radius 1 is 0.400 bits per heavy atom. The van der Waals surface area contributed by atoms with Gasteiger partial charge >= 0.3 is 11.9 Å². The fourth-order valence-corrected chi connectivity index (χ4v) is 8.87. The molecule has 0 spiro atoms. The normalized spacial score (nSPS) is 13.1. The van der Waals surface area contributed by atoms with Crippen molar-refractivity contribution in [2.75, 3.05) is 47.5 Å². The molecular formula is C66H119NO8. The van der Waals surface area contributed by atoms with Gasteiger partial charge in [-0.15, -0.1) is 0 Å². The van der Waals surface area contributed by atoms with E-state index in [0.717, 1.165) is 77.0 Å². The number of hydrogen-bond acceptors (Lipinski definition) is 8. The van der Waals surface area contributed by atoms with E-state index < -0.39 is 24.3 Å². The van der Waals surface area contributed by atoms with Gasteiger partial charge in [0.15, 0.2) is 12.4 Å². The van der Waals surface area contributed by atoms with Crippen molar-refractivity contribution in [3.63, 3.8) is 0 Å². The van der Waals surface area contributed by atoms with E-state index in [2.05, 4.69) is 74.6 Å². The van der Waals surface area contributed by atoms with E-state index in [9.17, 15) is 19.5 Å². The van der Waals surface area contributed by atoms with Gasteiger partial charge in [0.05, 0.1) is 40.3 Å². The van der Waals surface area contributed by atoms with Crippen LogP contribution in [0.25, 0.3) is 0 Å². The van der Waals surface area contributed by atoms with E-state index in [1.165, 1.54) is 173 Å². The lowest BCUT2D eigenvalue weighted by Gasteiger charge is -2.26. The van der Waals surface area contributed by atoms with Crippen LogP contribution in [-0.2, 0) is 33.3 Å². The van der Waals surface area contributed by atoms with Gasteiger partial charge in [-0.1, -0.05) is 248 Å². The smallest absolute Gasteiger partial charge is 0.306 e. The SMILES string of the molecule is CCCCC/C=C\C/C=C\C/C=C\CCCCCCCCC(=O)OC(COC(=O)CCCCCCCCCCCCCCCCCCCCC/C=C\C/C=C\CCCCCCC)COC(OCC[N+](C)(C)C)C(=O)[O-]. The molecule has 0 fully saturated rings. The topological polar surface area (TPSA) is 111 Å². The predicted molar refractivity (Wildman–Crippen MR) is 315 cm³/mol. The van der Waals surface area contributed by atoms with Crippen molar-refractivity contribution in [1.82, 2.24) is 0 Å². The molecular weight excluding hydrogens is 935 g/mol. The molecule has 0 aliphatic carbocycles. The first kappa shape index (κ1) is 72.0. The first-order valence-corrected chi connectivity index (χ1v) is 31.4. The number of hydrogen-bond donors (Lipinski definition) is 0. The maximum absolute atomic E-state index is 12.9. The van der Waals surface area contributed by atoms with Crippen LogP contribution in [-0.4, -0.2) is 82.3 Å². The van der Waals surface area contributed by atoms with Crippen molar-refractivity contribution in [2.45, 2.75) is 296 Å². The number of carboxylic acids is 1. The number of likely N-dealkylation sites (N-methyl/N-ethyl adjacent to an activating group) is 1. The molecule has 0 amide bonds. The lowest BCUT2D eigenvalue weighted by atomic mass is 10.0. The highest BCUT2D eigenvalue weighted by atomic mass is 16.7. The Balaban J connectivity index is 4.13. The second kappa shape index (κ2) is 57.2. The van der Waals surface area contributed by atoms with E-state index in [1.807, 2.05) is 21.1 Å². The molecule has 0 aromatic rings. The molecule has 9 heteroatoms. The van der Waals surface area contributed by atoms with Crippen molar-refractivity contribution >= 4 is 17.9 Å². The van der Waals surface area contributed by atoms with Crippen LogP contribution >= 0.6 is 0 Å². The molecule has 0 heterocycles. The van der Waals surface area contributed by atoms with Gasteiger partial charge in [0, 0.05) is 12.8 Å². The number of esters is 2. The zero-order chi connectivity index (χ0) is 54.8. The summed E-state index contributed by atoms with van der Waals surface area (Å²) in [6.45, 7) is 4.72. The Kier molecular flexibility index (Phi) is 54.9. The van der Waals surface area contributed by atoms with Gasteiger partial charge in [-0.05, 0) is 83.5 Å². The molecule has 0 radical (unpaired) electrons. The molecule has 0 N–H and O–H groups in total. The number of rotatable bonds is 58. The molecule has 2 atom stereocenters. The number of unbranched alkanes of at least 4 members (excludes halogenated alkanes) is 33. The van der Waals surface area contributed by atoms with Gasteiger partial charge in [-0.3, -0.25) is 9.59 Å². The average molecular weight is 1050 g/mol. The lowest BCUT2D eigenvalue weighted by Crippen LogP contribution is -2.44. The maximum atomic E-state index is 12.9. The van der Waals surface area contributed by atoms with Crippen LogP contribution in [0.2, 0.25) is 0 Å². The summed E-state index contributed by atoms with van der Waals surface area (Å²) in [5, 5.41) is 11.8. The zero-order valence-electron chi connectivity index (χ0n) is 49.7. The Labute approximate surface area is 463 Å². The van der Waals surface area contributed by atoms with Gasteiger partial charge in [-0.2, -0.15) is 0 Å². The molecule has 75 heavy (non-hydrogen) atoms. The second-order valence-corrected chi connectivity index (χ2v) is 22.3. The van der Waals surface area contributed by atoms with Crippen LogP contribution in [0, 0.1) is 0 Å². The summed E-state index contributed by atoms with van der Waals surface area (Å²) in [4.78, 5) is 37.3. The predicted octanol–water partition coefficient (Wildman–Crippen LogP) is 17.5. The van der Waals surface area contributed by atoms with Crippen LogP contribution in [0.1, 0.15) is 284 Å². The molecule has 0 aromatic carbocycles. The van der Waals surface area contributed by atoms with Gasteiger partial charge in [0.1, 0.15) is 13.2 Å². The van der Waals surface area contributed by atoms with E-state index in [1.54, 1.807) is 0 Å². The second-order valence-electron chi connectivity index (χ2n) is 22.3. The summed E-state index contributed by atoms with van der Waals surface area (Å²) in [7, 11) is 5.92. The summed E-state index contributed by atoms with van der Waals surface area (Å²) in [6, 6.07) is 0. The Hall–Kier alpha value is -3.01. The van der Waals surface area contributed by atoms with Gasteiger partial charge in [0.25, 0.3) is 0 Å². The first-order chi connectivity index (χ1) is 36.6. The van der Waals surface area contributed by atoms with E-state index >= 15 is 0 Å². The minimum absolute atomic E-state index is 0.144. The summed E-state index contributed by atoms with van der Waals surface area (Å²) in [6.07, 6.45) is 70.0. The summed E-state index contributed by atoms with van der Waals surface area (Å²) < 4.78 is 22.7. The highest BCUT2D eigenvalue weighted by Crippen LogP contribution is 2.17. The number of ether oxygens (including phenoxy) is 4. The van der Waals surface area contributed by atoms with Crippen LogP contribution in [0.15, 0.2) is 60.8 Å². The van der Waals surface area contributed by atoms with Crippen LogP contribution < -0.4 is 5.11 Å². The quantitative estimate of drug-likeness (QED) is 0.0195. The van der Waals surface area contributed by atoms with Crippen molar-refractivity contribution in [3.05, 3.63) is 60.8 Å². The zero-order valence-corrected chi connectivity index (χ0v) is 49.7. The third-order valence-electron chi connectivity index (χ3n) is 13.7. The molecule has 0 saturated carbocycles. The highest BCUT2D eigenvalue weighted by Gasteiger charge is 2.22. The molecule has 0 aliphatic heterocycles. The van der Waals surface area contributed by atoms with Crippen molar-refractivity contribution in [2.24, 2.45) is 0 Å². The van der Waals surface area contributed by atoms with Crippen LogP contribution in [0.4, 0.5) is 0 Å². The third kappa shape index (κ3) is 58.5. The lowest BCUT2D eigenvalue weighted by molar-refractivity contribution is -0.870. The van der Waals surface area contributed by atoms with Gasteiger partial charge < -0.3 is 33.3 Å².